The van der Waals surface area contributed by atoms with E-state index in [4.69, 9.17) is 9.47 Å². The molecular weight excluding hydrogens is 356 g/mol. The molecule has 144 valence electrons. The van der Waals surface area contributed by atoms with Crippen molar-refractivity contribution >= 4 is 27.6 Å². The van der Waals surface area contributed by atoms with Crippen LogP contribution in [0.1, 0.15) is 51.9 Å². The monoisotopic (exact) mass is 385 g/mol. The van der Waals surface area contributed by atoms with Crippen LogP contribution in [0.25, 0.3) is 10.8 Å². The average molecular weight is 386 g/mol. The van der Waals surface area contributed by atoms with Gasteiger partial charge in [-0.15, -0.1) is 0 Å². The molecule has 0 N–H and O–H groups in total. The second-order valence-electron chi connectivity index (χ2n) is 7.99. The minimum Gasteiger partial charge on any atom is -0.481 e. The van der Waals surface area contributed by atoms with Crippen molar-refractivity contribution in [1.82, 2.24) is 0 Å². The Bertz CT molecular complexity index is 804. The highest BCUT2D eigenvalue weighted by atomic mass is 32.2. The van der Waals surface area contributed by atoms with Gasteiger partial charge in [-0.25, -0.2) is 4.79 Å². The molecule has 27 heavy (non-hydrogen) atoms. The summed E-state index contributed by atoms with van der Waals surface area (Å²) in [6, 6.07) is 12.7. The van der Waals surface area contributed by atoms with Gasteiger partial charge in [0.25, 0.3) is 0 Å². The lowest BCUT2D eigenvalue weighted by molar-refractivity contribution is -0.163. The van der Waals surface area contributed by atoms with Crippen LogP contribution < -0.4 is 4.74 Å². The molecule has 1 saturated heterocycles. The zero-order valence-electron chi connectivity index (χ0n) is 16.2. The summed E-state index contributed by atoms with van der Waals surface area (Å²) in [4.78, 5) is 13.8. The number of rotatable bonds is 5. The number of ether oxygens (including phenoxy) is 2. The summed E-state index contributed by atoms with van der Waals surface area (Å²) in [6.45, 7) is 2.03. The number of fused-ring (bicyclic) bond motifs is 1. The van der Waals surface area contributed by atoms with Gasteiger partial charge >= 0.3 is 5.97 Å². The third-order valence-electron chi connectivity index (χ3n) is 5.80. The lowest BCUT2D eigenvalue weighted by Crippen LogP contribution is -2.35. The van der Waals surface area contributed by atoms with E-state index in [0.717, 1.165) is 36.8 Å². The molecule has 4 rings (SSSR count). The maximum atomic E-state index is 12.4. The first kappa shape index (κ1) is 18.7. The topological polar surface area (TPSA) is 35.5 Å². The Kier molecular flexibility index (Phi) is 5.63. The fraction of sp³-hybridized carbons (Fsp3) is 0.522. The molecule has 2 aliphatic rings. The molecule has 3 nitrogen and oxygen atoms in total. The van der Waals surface area contributed by atoms with Crippen LogP contribution in [-0.2, 0) is 20.4 Å². The molecule has 2 fully saturated rings. The van der Waals surface area contributed by atoms with Crippen molar-refractivity contribution in [2.75, 3.05) is 18.1 Å². The van der Waals surface area contributed by atoms with Gasteiger partial charge in [0.1, 0.15) is 22.9 Å². The normalized spacial score (nSPS) is 19.9. The number of benzene rings is 2. The van der Waals surface area contributed by atoms with Crippen molar-refractivity contribution in [1.29, 1.82) is 0 Å². The van der Waals surface area contributed by atoms with Crippen LogP contribution in [0.5, 0.6) is 5.75 Å². The first-order valence-electron chi connectivity index (χ1n) is 10.2. The van der Waals surface area contributed by atoms with Crippen LogP contribution in [0, 0.1) is 0 Å². The van der Waals surface area contributed by atoms with Crippen molar-refractivity contribution in [2.45, 2.75) is 62.4 Å². The van der Waals surface area contributed by atoms with Crippen LogP contribution >= 0.6 is 0 Å². The van der Waals surface area contributed by atoms with Gasteiger partial charge in [-0.05, 0) is 63.6 Å². The number of esters is 1. The minimum atomic E-state index is -0.311. The van der Waals surface area contributed by atoms with Crippen molar-refractivity contribution in [3.63, 3.8) is 0 Å². The summed E-state index contributed by atoms with van der Waals surface area (Å²) in [5, 5.41) is 2.37. The Labute approximate surface area is 164 Å². The van der Waals surface area contributed by atoms with E-state index in [-0.39, 0.29) is 18.2 Å². The van der Waals surface area contributed by atoms with Crippen LogP contribution in [0.3, 0.4) is 0 Å². The standard InChI is InChI=1S/C23H29O3S/c1-23(13-5-2-6-14-23)26-22(24)17-25-20-11-12-21(27-15-7-8-16-27)19-10-4-3-9-18(19)20/h3-4,9-12H,2,5-8,13-17H2,1H3/q+1. The fourth-order valence-corrected chi connectivity index (χ4v) is 6.84. The second kappa shape index (κ2) is 8.14. The van der Waals surface area contributed by atoms with Gasteiger partial charge in [-0.2, -0.15) is 0 Å². The van der Waals surface area contributed by atoms with Gasteiger partial charge < -0.3 is 9.47 Å². The maximum Gasteiger partial charge on any atom is 0.344 e. The van der Waals surface area contributed by atoms with Gasteiger partial charge in [0, 0.05) is 21.7 Å². The Hall–Kier alpha value is -1.68. The van der Waals surface area contributed by atoms with Crippen LogP contribution in [0.15, 0.2) is 41.3 Å². The zero-order chi connectivity index (χ0) is 18.7. The molecule has 0 amide bonds. The number of hydrogen-bond donors (Lipinski definition) is 0. The van der Waals surface area contributed by atoms with Gasteiger partial charge in [-0.1, -0.05) is 24.6 Å². The molecule has 1 aliphatic heterocycles. The minimum absolute atomic E-state index is 0.0232. The Balaban J connectivity index is 1.47. The van der Waals surface area contributed by atoms with Gasteiger partial charge in [0.2, 0.25) is 0 Å². The number of hydrogen-bond acceptors (Lipinski definition) is 3. The van der Waals surface area contributed by atoms with E-state index in [2.05, 4.69) is 31.2 Å². The van der Waals surface area contributed by atoms with Gasteiger partial charge in [0.15, 0.2) is 11.5 Å². The molecule has 2 aromatic carbocycles. The van der Waals surface area contributed by atoms with E-state index in [1.807, 2.05) is 12.1 Å². The molecule has 0 aromatic heterocycles. The first-order chi connectivity index (χ1) is 13.1. The molecular formula is C23H29O3S+. The largest absolute Gasteiger partial charge is 0.481 e. The van der Waals surface area contributed by atoms with E-state index in [9.17, 15) is 4.79 Å². The molecule has 1 heterocycles. The number of carbonyl (C=O) groups excluding carboxylic acids is 1. The summed E-state index contributed by atoms with van der Waals surface area (Å²) < 4.78 is 11.7. The lowest BCUT2D eigenvalue weighted by Gasteiger charge is -2.33. The highest BCUT2D eigenvalue weighted by Crippen LogP contribution is 2.35. The molecule has 0 radical (unpaired) electrons. The Morgan fingerprint density at radius 1 is 0.963 bits per heavy atom. The summed E-state index contributed by atoms with van der Waals surface area (Å²) >= 11 is 0. The summed E-state index contributed by atoms with van der Waals surface area (Å²) in [7, 11) is 0.356. The van der Waals surface area contributed by atoms with Crippen LogP contribution in [-0.4, -0.2) is 29.7 Å². The van der Waals surface area contributed by atoms with Gasteiger partial charge in [-0.3, -0.25) is 0 Å². The maximum absolute atomic E-state index is 12.4. The zero-order valence-corrected chi connectivity index (χ0v) is 17.0. The van der Waals surface area contributed by atoms with E-state index < -0.39 is 0 Å². The predicted octanol–water partition coefficient (Wildman–Crippen LogP) is 5.26. The predicted molar refractivity (Wildman–Crippen MR) is 112 cm³/mol. The summed E-state index contributed by atoms with van der Waals surface area (Å²) in [6.07, 6.45) is 8.10. The Morgan fingerprint density at radius 2 is 1.67 bits per heavy atom. The van der Waals surface area contributed by atoms with Crippen LogP contribution in [0.2, 0.25) is 0 Å². The van der Waals surface area contributed by atoms with Crippen molar-refractivity contribution in [3.8, 4) is 5.75 Å². The third-order valence-corrected chi connectivity index (χ3v) is 8.34. The average Bonchev–Trinajstić information content (AvgIpc) is 3.21. The molecule has 0 bridgehead atoms. The van der Waals surface area contributed by atoms with E-state index in [1.54, 1.807) is 0 Å². The number of carbonyl (C=O) groups is 1. The SMILES string of the molecule is CC1(OC(=O)COc2ccc([S+]3CCCC3)c3ccccc23)CCCCC1. The molecule has 1 saturated carbocycles. The third kappa shape index (κ3) is 4.26. The fourth-order valence-electron chi connectivity index (χ4n) is 4.34. The van der Waals surface area contributed by atoms with Gasteiger partial charge in [0.05, 0.1) is 0 Å². The van der Waals surface area contributed by atoms with Crippen LogP contribution in [0.4, 0.5) is 0 Å². The second-order valence-corrected chi connectivity index (χ2v) is 10.2. The first-order valence-corrected chi connectivity index (χ1v) is 11.7. The molecule has 1 aliphatic carbocycles. The van der Waals surface area contributed by atoms with Crippen molar-refractivity contribution in [2.24, 2.45) is 0 Å². The summed E-state index contributed by atoms with van der Waals surface area (Å²) in [5.41, 5.74) is -0.311. The van der Waals surface area contributed by atoms with E-state index in [1.165, 1.54) is 41.0 Å². The molecule has 4 heteroatoms. The highest BCUT2D eigenvalue weighted by molar-refractivity contribution is 7.97. The van der Waals surface area contributed by atoms with E-state index >= 15 is 0 Å². The quantitative estimate of drug-likeness (QED) is 0.520. The molecule has 0 atom stereocenters. The van der Waals surface area contributed by atoms with Crippen molar-refractivity contribution < 1.29 is 14.3 Å². The smallest absolute Gasteiger partial charge is 0.344 e. The molecule has 2 aromatic rings. The lowest BCUT2D eigenvalue weighted by atomic mass is 9.86. The molecule has 0 spiro atoms. The molecule has 0 unspecified atom stereocenters. The van der Waals surface area contributed by atoms with E-state index in [0.29, 0.717) is 10.9 Å². The summed E-state index contributed by atoms with van der Waals surface area (Å²) in [5.74, 6) is 3.12. The Morgan fingerprint density at radius 3 is 2.41 bits per heavy atom. The highest BCUT2D eigenvalue weighted by Gasteiger charge is 2.31. The van der Waals surface area contributed by atoms with Crippen molar-refractivity contribution in [3.05, 3.63) is 36.4 Å².